The van der Waals surface area contributed by atoms with Crippen molar-refractivity contribution < 1.29 is 13.9 Å². The molecule has 0 radical (unpaired) electrons. The first-order valence-corrected chi connectivity index (χ1v) is 13.8. The molecule has 1 aromatic carbocycles. The van der Waals surface area contributed by atoms with E-state index < -0.39 is 0 Å². The number of hydrogen-bond donors (Lipinski definition) is 0. The summed E-state index contributed by atoms with van der Waals surface area (Å²) < 4.78 is 19.9. The number of hydrogen-bond acceptors (Lipinski definition) is 2. The maximum Gasteiger partial charge on any atom is 0.314 e. The normalized spacial score (nSPS) is 31.3. The summed E-state index contributed by atoms with van der Waals surface area (Å²) in [5.41, 5.74) is 0.639. The predicted octanol–water partition coefficient (Wildman–Crippen LogP) is 8.45. The highest BCUT2D eigenvalue weighted by atomic mass is 19.1. The van der Waals surface area contributed by atoms with Crippen LogP contribution in [-0.2, 0) is 11.2 Å². The van der Waals surface area contributed by atoms with Gasteiger partial charge in [0, 0.05) is 6.07 Å². The van der Waals surface area contributed by atoms with Crippen LogP contribution in [0.5, 0.6) is 5.75 Å². The van der Waals surface area contributed by atoms with Gasteiger partial charge in [0.1, 0.15) is 11.6 Å². The summed E-state index contributed by atoms with van der Waals surface area (Å²) in [4.78, 5) is 12.7. The summed E-state index contributed by atoms with van der Waals surface area (Å²) in [5, 5.41) is 0. The lowest BCUT2D eigenvalue weighted by molar-refractivity contribution is -0.140. The van der Waals surface area contributed by atoms with Gasteiger partial charge in [-0.2, -0.15) is 0 Å². The van der Waals surface area contributed by atoms with Crippen molar-refractivity contribution in [3.63, 3.8) is 0 Å². The zero-order valence-electron chi connectivity index (χ0n) is 20.9. The number of carbonyl (C=O) groups is 1. The van der Waals surface area contributed by atoms with Gasteiger partial charge < -0.3 is 4.74 Å². The van der Waals surface area contributed by atoms with Crippen molar-refractivity contribution in [1.29, 1.82) is 0 Å². The summed E-state index contributed by atoms with van der Waals surface area (Å²) in [6.45, 7) is 7.58. The van der Waals surface area contributed by atoms with Crippen molar-refractivity contribution in [2.45, 2.75) is 89.9 Å². The number of rotatable bonds is 9. The van der Waals surface area contributed by atoms with Gasteiger partial charge in [-0.25, -0.2) is 4.39 Å². The maximum atomic E-state index is 14.3. The fourth-order valence-electron chi connectivity index (χ4n) is 7.14. The summed E-state index contributed by atoms with van der Waals surface area (Å²) in [7, 11) is 0. The molecule has 0 aromatic heterocycles. The first-order chi connectivity index (χ1) is 16.6. The first-order valence-electron chi connectivity index (χ1n) is 13.8. The molecule has 0 heterocycles. The fourth-order valence-corrected chi connectivity index (χ4v) is 7.14. The van der Waals surface area contributed by atoms with Crippen LogP contribution in [0.15, 0.2) is 43.5 Å². The molecule has 3 heteroatoms. The van der Waals surface area contributed by atoms with Crippen LogP contribution < -0.4 is 4.74 Å². The Labute approximate surface area is 206 Å². The zero-order chi connectivity index (χ0) is 23.9. The SMILES string of the molecule is C=CCCc1ccc(OC(=O)C2CCC(C3CCC4CC(CCC=C)CCC4C3)CC2)cc1F. The molecule has 1 aromatic rings. The molecule has 4 unspecified atom stereocenters. The second-order valence-electron chi connectivity index (χ2n) is 11.3. The molecular formula is C31H43FO2. The second-order valence-corrected chi connectivity index (χ2v) is 11.3. The number of fused-ring (bicyclic) bond motifs is 1. The van der Waals surface area contributed by atoms with Gasteiger partial charge in [-0.05, 0) is 125 Å². The molecule has 2 nitrogen and oxygen atoms in total. The molecule has 3 fully saturated rings. The van der Waals surface area contributed by atoms with Crippen molar-refractivity contribution in [3.8, 4) is 5.75 Å². The Morgan fingerprint density at radius 1 is 0.882 bits per heavy atom. The largest absolute Gasteiger partial charge is 0.426 e. The van der Waals surface area contributed by atoms with E-state index >= 15 is 0 Å². The quantitative estimate of drug-likeness (QED) is 0.207. The number of halogens is 1. The van der Waals surface area contributed by atoms with Gasteiger partial charge in [0.25, 0.3) is 0 Å². The summed E-state index contributed by atoms with van der Waals surface area (Å²) in [6.07, 6.45) is 20.3. The van der Waals surface area contributed by atoms with Gasteiger partial charge in [0.2, 0.25) is 0 Å². The van der Waals surface area contributed by atoms with Gasteiger partial charge >= 0.3 is 5.97 Å². The summed E-state index contributed by atoms with van der Waals surface area (Å²) in [5.74, 6) is 4.23. The summed E-state index contributed by atoms with van der Waals surface area (Å²) >= 11 is 0. The van der Waals surface area contributed by atoms with E-state index in [0.29, 0.717) is 17.7 Å². The molecule has 0 amide bonds. The Balaban J connectivity index is 1.21. The van der Waals surface area contributed by atoms with Crippen LogP contribution in [0.1, 0.15) is 89.0 Å². The van der Waals surface area contributed by atoms with Crippen molar-refractivity contribution >= 4 is 5.97 Å². The van der Waals surface area contributed by atoms with Crippen LogP contribution in [0.25, 0.3) is 0 Å². The van der Waals surface area contributed by atoms with E-state index in [1.54, 1.807) is 18.2 Å². The fraction of sp³-hybridized carbons (Fsp3) is 0.645. The molecule has 3 aliphatic rings. The summed E-state index contributed by atoms with van der Waals surface area (Å²) in [6, 6.07) is 4.80. The Bertz CT molecular complexity index is 838. The molecule has 0 bridgehead atoms. The van der Waals surface area contributed by atoms with E-state index in [0.717, 1.165) is 61.7 Å². The number of carbonyl (C=O) groups excluding carboxylic acids is 1. The lowest BCUT2D eigenvalue weighted by Gasteiger charge is -2.45. The third kappa shape index (κ3) is 6.40. The average Bonchev–Trinajstić information content (AvgIpc) is 2.86. The molecule has 3 saturated carbocycles. The van der Waals surface area contributed by atoms with E-state index in [9.17, 15) is 9.18 Å². The molecule has 3 aliphatic carbocycles. The van der Waals surface area contributed by atoms with E-state index in [1.807, 2.05) is 0 Å². The van der Waals surface area contributed by atoms with Gasteiger partial charge in [-0.15, -0.1) is 13.2 Å². The lowest BCUT2D eigenvalue weighted by atomic mass is 9.60. The van der Waals surface area contributed by atoms with E-state index in [1.165, 1.54) is 57.4 Å². The highest BCUT2D eigenvalue weighted by molar-refractivity contribution is 5.75. The molecule has 0 N–H and O–H groups in total. The lowest BCUT2D eigenvalue weighted by Crippen LogP contribution is -2.35. The number of ether oxygens (including phenoxy) is 1. The van der Waals surface area contributed by atoms with Crippen LogP contribution in [0.4, 0.5) is 4.39 Å². The number of benzene rings is 1. The Kier molecular flexibility index (Phi) is 9.03. The van der Waals surface area contributed by atoms with Gasteiger partial charge in [0.15, 0.2) is 0 Å². The van der Waals surface area contributed by atoms with Crippen LogP contribution >= 0.6 is 0 Å². The monoisotopic (exact) mass is 466 g/mol. The van der Waals surface area contributed by atoms with Crippen molar-refractivity contribution in [2.24, 2.45) is 35.5 Å². The standard InChI is InChI=1S/C31H43FO2/c1-3-5-7-22-9-10-28-20-27(16-15-26(28)19-22)23-11-13-25(14-12-23)31(33)34-29-18-17-24(8-6-4-2)30(32)21-29/h3-4,17-18,21-23,25-28H,1-2,5-16,19-20H2. The van der Waals surface area contributed by atoms with Crippen molar-refractivity contribution in [2.75, 3.05) is 0 Å². The van der Waals surface area contributed by atoms with Crippen LogP contribution in [-0.4, -0.2) is 5.97 Å². The third-order valence-corrected chi connectivity index (χ3v) is 9.17. The minimum absolute atomic E-state index is 0.0450. The third-order valence-electron chi connectivity index (χ3n) is 9.17. The molecule has 186 valence electrons. The molecule has 34 heavy (non-hydrogen) atoms. The Morgan fingerprint density at radius 2 is 1.53 bits per heavy atom. The minimum atomic E-state index is -0.304. The molecule has 4 atom stereocenters. The Morgan fingerprint density at radius 3 is 2.24 bits per heavy atom. The highest BCUT2D eigenvalue weighted by Crippen LogP contribution is 2.49. The van der Waals surface area contributed by atoms with Crippen LogP contribution in [0, 0.1) is 41.3 Å². The Hall–Kier alpha value is -1.90. The molecular weight excluding hydrogens is 423 g/mol. The zero-order valence-corrected chi connectivity index (χ0v) is 20.9. The predicted molar refractivity (Wildman–Crippen MR) is 137 cm³/mol. The van der Waals surface area contributed by atoms with E-state index in [4.69, 9.17) is 4.74 Å². The second kappa shape index (κ2) is 12.2. The molecule has 0 aliphatic heterocycles. The van der Waals surface area contributed by atoms with E-state index in [-0.39, 0.29) is 17.7 Å². The molecule has 4 rings (SSSR count). The highest BCUT2D eigenvalue weighted by Gasteiger charge is 2.39. The topological polar surface area (TPSA) is 26.3 Å². The van der Waals surface area contributed by atoms with Crippen LogP contribution in [0.3, 0.4) is 0 Å². The number of aryl methyl sites for hydroxylation is 1. The number of allylic oxidation sites excluding steroid dienone is 2. The van der Waals surface area contributed by atoms with Gasteiger partial charge in [0.05, 0.1) is 5.92 Å². The van der Waals surface area contributed by atoms with Crippen molar-refractivity contribution in [3.05, 3.63) is 54.9 Å². The smallest absolute Gasteiger partial charge is 0.314 e. The van der Waals surface area contributed by atoms with E-state index in [2.05, 4.69) is 19.2 Å². The molecule has 0 saturated heterocycles. The van der Waals surface area contributed by atoms with Crippen molar-refractivity contribution in [1.82, 2.24) is 0 Å². The maximum absolute atomic E-state index is 14.3. The van der Waals surface area contributed by atoms with Crippen LogP contribution in [0.2, 0.25) is 0 Å². The molecule has 0 spiro atoms. The van der Waals surface area contributed by atoms with Gasteiger partial charge in [-0.3, -0.25) is 4.79 Å². The number of esters is 1. The first kappa shape index (κ1) is 25.2. The van der Waals surface area contributed by atoms with Gasteiger partial charge in [-0.1, -0.05) is 24.6 Å². The average molecular weight is 467 g/mol. The minimum Gasteiger partial charge on any atom is -0.426 e.